The van der Waals surface area contributed by atoms with Crippen LogP contribution in [0.15, 0.2) is 36.9 Å². The van der Waals surface area contributed by atoms with Crippen molar-refractivity contribution < 1.29 is 4.79 Å². The van der Waals surface area contributed by atoms with Gasteiger partial charge in [0.2, 0.25) is 5.91 Å². The summed E-state index contributed by atoms with van der Waals surface area (Å²) in [4.78, 5) is 33.0. The van der Waals surface area contributed by atoms with Crippen LogP contribution in [0.4, 0.5) is 11.6 Å². The second kappa shape index (κ2) is 9.56. The third-order valence-electron chi connectivity index (χ3n) is 5.82. The largest absolute Gasteiger partial charge is 0.367 e. The number of hydrogen-bond donors (Lipinski definition) is 2. The number of nitrogens with one attached hydrogen (secondary N) is 2. The molecule has 0 aromatic carbocycles. The summed E-state index contributed by atoms with van der Waals surface area (Å²) in [5, 5.41) is 8.12. The van der Waals surface area contributed by atoms with E-state index in [4.69, 9.17) is 0 Å². The van der Waals surface area contributed by atoms with Crippen LogP contribution in [0.25, 0.3) is 22.2 Å². The second-order valence-corrected chi connectivity index (χ2v) is 8.97. The first-order valence-electron chi connectivity index (χ1n) is 11.3. The van der Waals surface area contributed by atoms with E-state index in [1.165, 1.54) is 0 Å². The number of anilines is 2. The van der Waals surface area contributed by atoms with Crippen molar-refractivity contribution in [2.75, 3.05) is 23.7 Å². The smallest absolute Gasteiger partial charge is 0.228 e. The van der Waals surface area contributed by atoms with Gasteiger partial charge in [0.25, 0.3) is 0 Å². The predicted octanol–water partition coefficient (Wildman–Crippen LogP) is 3.97. The first-order chi connectivity index (χ1) is 15.4. The number of carbonyl (C=O) groups is 1. The molecule has 4 rings (SSSR count). The topological polar surface area (TPSA) is 95.9 Å². The van der Waals surface area contributed by atoms with Crippen LogP contribution in [-0.4, -0.2) is 55.9 Å². The molecule has 4 heterocycles. The normalized spacial score (nSPS) is 15.4. The van der Waals surface area contributed by atoms with E-state index in [9.17, 15) is 4.79 Å². The fraction of sp³-hybridized carbons (Fsp3) is 0.458. The molecule has 0 spiro atoms. The molecule has 0 radical (unpaired) electrons. The molecule has 8 nitrogen and oxygen atoms in total. The highest BCUT2D eigenvalue weighted by atomic mass is 16.1. The first kappa shape index (κ1) is 22.1. The van der Waals surface area contributed by atoms with Gasteiger partial charge in [-0.15, -0.1) is 0 Å². The Morgan fingerprint density at radius 2 is 1.69 bits per heavy atom. The molecule has 1 saturated heterocycles. The van der Waals surface area contributed by atoms with E-state index in [0.717, 1.165) is 42.4 Å². The van der Waals surface area contributed by atoms with Crippen molar-refractivity contribution in [3.63, 3.8) is 0 Å². The monoisotopic (exact) mass is 433 g/mol. The van der Waals surface area contributed by atoms with Crippen molar-refractivity contribution in [2.45, 2.75) is 52.6 Å². The number of likely N-dealkylation sites (tertiary alicyclic amines) is 1. The molecule has 0 atom stereocenters. The Morgan fingerprint density at radius 3 is 2.41 bits per heavy atom. The van der Waals surface area contributed by atoms with Gasteiger partial charge < -0.3 is 15.5 Å². The summed E-state index contributed by atoms with van der Waals surface area (Å²) in [6.07, 6.45) is 8.68. The van der Waals surface area contributed by atoms with Gasteiger partial charge in [0.1, 0.15) is 17.3 Å². The van der Waals surface area contributed by atoms with Gasteiger partial charge in [-0.2, -0.15) is 0 Å². The Bertz CT molecular complexity index is 1090. The lowest BCUT2D eigenvalue weighted by molar-refractivity contribution is -0.121. The number of hydrogen-bond acceptors (Lipinski definition) is 7. The molecule has 0 bridgehead atoms. The molecule has 32 heavy (non-hydrogen) atoms. The number of pyridine rings is 2. The summed E-state index contributed by atoms with van der Waals surface area (Å²) < 4.78 is 0. The number of piperidine rings is 1. The Balaban J connectivity index is 1.50. The van der Waals surface area contributed by atoms with Crippen LogP contribution in [0.2, 0.25) is 0 Å². The van der Waals surface area contributed by atoms with Crippen LogP contribution < -0.4 is 10.6 Å². The Morgan fingerprint density at radius 1 is 0.938 bits per heavy atom. The van der Waals surface area contributed by atoms with E-state index >= 15 is 0 Å². The number of rotatable bonds is 6. The van der Waals surface area contributed by atoms with Gasteiger partial charge in [-0.05, 0) is 71.1 Å². The summed E-state index contributed by atoms with van der Waals surface area (Å²) in [7, 11) is 0. The van der Waals surface area contributed by atoms with Gasteiger partial charge in [0.05, 0.1) is 18.1 Å². The summed E-state index contributed by atoms with van der Waals surface area (Å²) in [6, 6.07) is 4.64. The second-order valence-electron chi connectivity index (χ2n) is 8.97. The average Bonchev–Trinajstić information content (AvgIpc) is 2.78. The van der Waals surface area contributed by atoms with Gasteiger partial charge in [-0.1, -0.05) is 0 Å². The van der Waals surface area contributed by atoms with E-state index in [0.29, 0.717) is 23.4 Å². The summed E-state index contributed by atoms with van der Waals surface area (Å²) in [6.45, 7) is 10.4. The molecule has 1 amide bonds. The van der Waals surface area contributed by atoms with Crippen molar-refractivity contribution in [3.8, 4) is 11.4 Å². The van der Waals surface area contributed by atoms with Gasteiger partial charge in [-0.25, -0.2) is 9.97 Å². The van der Waals surface area contributed by atoms with E-state index < -0.39 is 0 Å². The van der Waals surface area contributed by atoms with Crippen molar-refractivity contribution >= 4 is 28.3 Å². The number of nitrogens with zero attached hydrogens (tertiary/aromatic N) is 5. The predicted molar refractivity (Wildman–Crippen MR) is 127 cm³/mol. The van der Waals surface area contributed by atoms with Crippen molar-refractivity contribution in [2.24, 2.45) is 5.92 Å². The number of fused-ring (bicyclic) bond motifs is 1. The van der Waals surface area contributed by atoms with E-state index in [1.54, 1.807) is 24.8 Å². The first-order valence-corrected chi connectivity index (χ1v) is 11.3. The summed E-state index contributed by atoms with van der Waals surface area (Å²) in [5.74, 6) is 1.35. The van der Waals surface area contributed by atoms with Crippen molar-refractivity contribution in [1.82, 2.24) is 24.8 Å². The highest BCUT2D eigenvalue weighted by molar-refractivity contribution is 5.94. The minimum absolute atomic E-state index is 0.0296. The lowest BCUT2D eigenvalue weighted by atomic mass is 9.95. The molecule has 3 aromatic rings. The van der Waals surface area contributed by atoms with E-state index in [2.05, 4.69) is 63.2 Å². The fourth-order valence-corrected chi connectivity index (χ4v) is 4.01. The van der Waals surface area contributed by atoms with Crippen LogP contribution in [0.3, 0.4) is 0 Å². The maximum absolute atomic E-state index is 12.8. The quantitative estimate of drug-likeness (QED) is 0.607. The molecule has 1 aliphatic heterocycles. The maximum atomic E-state index is 12.8. The average molecular weight is 434 g/mol. The van der Waals surface area contributed by atoms with Crippen LogP contribution in [0.1, 0.15) is 40.5 Å². The van der Waals surface area contributed by atoms with Crippen LogP contribution in [0.5, 0.6) is 0 Å². The zero-order valence-corrected chi connectivity index (χ0v) is 19.2. The molecule has 3 aromatic heterocycles. The highest BCUT2D eigenvalue weighted by Crippen LogP contribution is 2.24. The molecule has 0 aliphatic carbocycles. The maximum Gasteiger partial charge on any atom is 0.228 e. The zero-order valence-electron chi connectivity index (χ0n) is 19.2. The third kappa shape index (κ3) is 5.19. The minimum Gasteiger partial charge on any atom is -0.367 e. The number of amides is 1. The minimum atomic E-state index is 0.0296. The SMILES string of the molecule is CC(C)Nc1cncc(-c2cc3cc(NC(=O)C4CCN(C(C)C)CC4)ncc3cn2)n1. The number of carbonyl (C=O) groups excluding carboxylic acids is 1. The van der Waals surface area contributed by atoms with Crippen LogP contribution in [-0.2, 0) is 4.79 Å². The van der Waals surface area contributed by atoms with E-state index in [1.807, 2.05) is 12.1 Å². The summed E-state index contributed by atoms with van der Waals surface area (Å²) in [5.41, 5.74) is 1.42. The summed E-state index contributed by atoms with van der Waals surface area (Å²) >= 11 is 0. The molecule has 8 heteroatoms. The number of aromatic nitrogens is 4. The Labute approximate surface area is 188 Å². The third-order valence-corrected chi connectivity index (χ3v) is 5.82. The molecule has 0 unspecified atom stereocenters. The van der Waals surface area contributed by atoms with Gasteiger partial charge >= 0.3 is 0 Å². The van der Waals surface area contributed by atoms with Crippen molar-refractivity contribution in [1.29, 1.82) is 0 Å². The lowest BCUT2D eigenvalue weighted by Gasteiger charge is -2.33. The van der Waals surface area contributed by atoms with Crippen LogP contribution in [0, 0.1) is 5.92 Å². The van der Waals surface area contributed by atoms with Crippen LogP contribution >= 0.6 is 0 Å². The van der Waals surface area contributed by atoms with E-state index in [-0.39, 0.29) is 17.9 Å². The molecule has 0 saturated carbocycles. The molecule has 1 aliphatic rings. The standard InChI is InChI=1S/C24H31N7O/c1-15(2)28-23-14-25-13-21(29-23)20-9-18-10-22(27-12-19(18)11-26-20)30-24(32)17-5-7-31(8-6-17)16(3)4/h9-17H,5-8H2,1-4H3,(H,28,29)(H,27,30,32). The Kier molecular flexibility index (Phi) is 6.60. The molecule has 168 valence electrons. The molecule has 1 fully saturated rings. The zero-order chi connectivity index (χ0) is 22.7. The molecular weight excluding hydrogens is 402 g/mol. The Hall–Kier alpha value is -3.13. The molecular formula is C24H31N7O. The highest BCUT2D eigenvalue weighted by Gasteiger charge is 2.26. The van der Waals surface area contributed by atoms with Gasteiger partial charge in [0, 0.05) is 35.8 Å². The van der Waals surface area contributed by atoms with Gasteiger partial charge in [0.15, 0.2) is 0 Å². The van der Waals surface area contributed by atoms with Gasteiger partial charge in [-0.3, -0.25) is 14.8 Å². The van der Waals surface area contributed by atoms with Crippen molar-refractivity contribution in [3.05, 3.63) is 36.9 Å². The lowest BCUT2D eigenvalue weighted by Crippen LogP contribution is -2.41. The molecule has 2 N–H and O–H groups in total. The fourth-order valence-electron chi connectivity index (χ4n) is 4.01.